The Bertz CT molecular complexity index is 803. The van der Waals surface area contributed by atoms with Crippen molar-refractivity contribution in [2.75, 3.05) is 0 Å². The van der Waals surface area contributed by atoms with Crippen LogP contribution in [0.4, 0.5) is 0 Å². The number of aromatic nitrogens is 6. The van der Waals surface area contributed by atoms with Crippen LogP contribution in [0.15, 0.2) is 74.4 Å². The van der Waals surface area contributed by atoms with E-state index in [-0.39, 0.29) is 0 Å². The van der Waals surface area contributed by atoms with Crippen LogP contribution < -0.4 is 0 Å². The quantitative estimate of drug-likeness (QED) is 0.578. The van der Waals surface area contributed by atoms with Crippen LogP contribution in [0.1, 0.15) is 0 Å². The summed E-state index contributed by atoms with van der Waals surface area (Å²) in [6.07, 6.45) is 15.3. The van der Waals surface area contributed by atoms with Crippen molar-refractivity contribution in [2.45, 2.75) is 0 Å². The Morgan fingerprint density at radius 1 is 0.333 bits per heavy atom. The van der Waals surface area contributed by atoms with E-state index in [0.29, 0.717) is 0 Å². The van der Waals surface area contributed by atoms with Crippen LogP contribution in [0.2, 0.25) is 0 Å². The monoisotopic (exact) mass is 312 g/mol. The van der Waals surface area contributed by atoms with Gasteiger partial charge in [-0.05, 0) is 34.9 Å². The summed E-state index contributed by atoms with van der Waals surface area (Å²) >= 11 is 0. The molecule has 0 unspecified atom stereocenters. The predicted molar refractivity (Wildman–Crippen MR) is 89.5 cm³/mol. The highest BCUT2D eigenvalue weighted by molar-refractivity contribution is 5.79. The van der Waals surface area contributed by atoms with Gasteiger partial charge in [0, 0.05) is 53.9 Å². The van der Waals surface area contributed by atoms with Gasteiger partial charge in [-0.3, -0.25) is 0 Å². The lowest BCUT2D eigenvalue weighted by atomic mass is 9.96. The molecule has 4 rings (SSSR count). The summed E-state index contributed by atoms with van der Waals surface area (Å²) in [5.41, 5.74) is 5.85. The highest BCUT2D eigenvalue weighted by Crippen LogP contribution is 2.31. The highest BCUT2D eigenvalue weighted by Gasteiger charge is 2.08. The molecule has 0 spiro atoms. The average Bonchev–Trinajstić information content (AvgIpc) is 2.70. The summed E-state index contributed by atoms with van der Waals surface area (Å²) in [6, 6.07) is 6.22. The first-order chi connectivity index (χ1) is 11.9. The van der Waals surface area contributed by atoms with Gasteiger partial charge in [-0.1, -0.05) is 0 Å². The number of rotatable bonds is 3. The summed E-state index contributed by atoms with van der Waals surface area (Å²) < 4.78 is 0. The Kier molecular flexibility index (Phi) is 3.69. The minimum Gasteiger partial charge on any atom is -0.244 e. The molecule has 0 amide bonds. The molecule has 24 heavy (non-hydrogen) atoms. The van der Waals surface area contributed by atoms with Crippen molar-refractivity contribution >= 4 is 0 Å². The third-order valence-electron chi connectivity index (χ3n) is 3.61. The van der Waals surface area contributed by atoms with Gasteiger partial charge in [-0.2, -0.15) is 0 Å². The molecular weight excluding hydrogens is 300 g/mol. The molecule has 0 N–H and O–H groups in total. The Morgan fingerprint density at radius 3 is 0.833 bits per heavy atom. The lowest BCUT2D eigenvalue weighted by Gasteiger charge is -2.09. The zero-order chi connectivity index (χ0) is 16.2. The van der Waals surface area contributed by atoms with Crippen molar-refractivity contribution in [2.24, 2.45) is 0 Å². The molecular formula is C18H12N6. The Balaban J connectivity index is 1.92. The fourth-order valence-electron chi connectivity index (χ4n) is 2.47. The zero-order valence-electron chi connectivity index (χ0n) is 12.6. The molecule has 0 aliphatic rings. The van der Waals surface area contributed by atoms with E-state index in [9.17, 15) is 0 Å². The SMILES string of the molecule is c1ncc(-c2cc(-c3cncnc3)cc(-c3cncnc3)c2)cn1. The molecule has 6 heteroatoms. The van der Waals surface area contributed by atoms with Crippen molar-refractivity contribution < 1.29 is 0 Å². The molecule has 3 heterocycles. The summed E-state index contributed by atoms with van der Waals surface area (Å²) in [7, 11) is 0. The van der Waals surface area contributed by atoms with Gasteiger partial charge in [-0.25, -0.2) is 29.9 Å². The number of hydrogen-bond acceptors (Lipinski definition) is 6. The molecule has 114 valence electrons. The van der Waals surface area contributed by atoms with Crippen LogP contribution in [-0.4, -0.2) is 29.9 Å². The van der Waals surface area contributed by atoms with Crippen molar-refractivity contribution in [1.82, 2.24) is 29.9 Å². The molecule has 6 nitrogen and oxygen atoms in total. The second-order valence-electron chi connectivity index (χ2n) is 5.18. The lowest BCUT2D eigenvalue weighted by molar-refractivity contribution is 1.16. The minimum absolute atomic E-state index is 0.939. The van der Waals surface area contributed by atoms with Gasteiger partial charge in [0.2, 0.25) is 0 Å². The molecule has 0 fully saturated rings. The molecule has 0 aliphatic carbocycles. The second-order valence-corrected chi connectivity index (χ2v) is 5.18. The Labute approximate surface area is 138 Å². The first-order valence-corrected chi connectivity index (χ1v) is 7.31. The zero-order valence-corrected chi connectivity index (χ0v) is 12.6. The standard InChI is InChI=1S/C18H12N6/c1-13(16-4-19-10-20-5-16)2-15(18-8-23-12-24-9-18)3-14(1)17-6-21-11-22-7-17/h1-12H. The van der Waals surface area contributed by atoms with Gasteiger partial charge in [0.15, 0.2) is 0 Å². The van der Waals surface area contributed by atoms with Crippen LogP contribution in [-0.2, 0) is 0 Å². The van der Waals surface area contributed by atoms with E-state index in [2.05, 4.69) is 48.1 Å². The topological polar surface area (TPSA) is 77.3 Å². The second kappa shape index (κ2) is 6.29. The molecule has 3 aromatic heterocycles. The summed E-state index contributed by atoms with van der Waals surface area (Å²) in [4.78, 5) is 24.6. The Hall–Kier alpha value is -3.54. The normalized spacial score (nSPS) is 10.5. The largest absolute Gasteiger partial charge is 0.244 e. The van der Waals surface area contributed by atoms with Gasteiger partial charge in [-0.15, -0.1) is 0 Å². The molecule has 0 radical (unpaired) electrons. The van der Waals surface area contributed by atoms with Gasteiger partial charge in [0.05, 0.1) is 0 Å². The maximum atomic E-state index is 4.11. The molecule has 0 aliphatic heterocycles. The smallest absolute Gasteiger partial charge is 0.115 e. The predicted octanol–water partition coefficient (Wildman–Crippen LogP) is 3.06. The van der Waals surface area contributed by atoms with Gasteiger partial charge < -0.3 is 0 Å². The third-order valence-corrected chi connectivity index (χ3v) is 3.61. The van der Waals surface area contributed by atoms with E-state index >= 15 is 0 Å². The fraction of sp³-hybridized carbons (Fsp3) is 0. The van der Waals surface area contributed by atoms with Crippen molar-refractivity contribution in [3.05, 3.63) is 74.4 Å². The van der Waals surface area contributed by atoms with Gasteiger partial charge in [0.25, 0.3) is 0 Å². The minimum atomic E-state index is 0.939. The first-order valence-electron chi connectivity index (χ1n) is 7.31. The van der Waals surface area contributed by atoms with E-state index in [1.54, 1.807) is 37.2 Å². The summed E-state index contributed by atoms with van der Waals surface area (Å²) in [6.45, 7) is 0. The molecule has 0 bridgehead atoms. The summed E-state index contributed by atoms with van der Waals surface area (Å²) in [5.74, 6) is 0. The molecule has 0 atom stereocenters. The van der Waals surface area contributed by atoms with Gasteiger partial charge >= 0.3 is 0 Å². The Morgan fingerprint density at radius 2 is 0.583 bits per heavy atom. The fourth-order valence-corrected chi connectivity index (χ4v) is 2.47. The molecule has 1 aromatic carbocycles. The third kappa shape index (κ3) is 2.85. The van der Waals surface area contributed by atoms with Crippen LogP contribution in [0.3, 0.4) is 0 Å². The average molecular weight is 312 g/mol. The molecule has 0 saturated heterocycles. The molecule has 0 saturated carbocycles. The van der Waals surface area contributed by atoms with E-state index in [0.717, 1.165) is 33.4 Å². The molecule has 4 aromatic rings. The maximum absolute atomic E-state index is 4.11. The van der Waals surface area contributed by atoms with Crippen molar-refractivity contribution in [1.29, 1.82) is 0 Å². The first kappa shape index (κ1) is 14.1. The van der Waals surface area contributed by atoms with Crippen molar-refractivity contribution in [3.63, 3.8) is 0 Å². The van der Waals surface area contributed by atoms with Crippen LogP contribution in [0.5, 0.6) is 0 Å². The number of hydrogen-bond donors (Lipinski definition) is 0. The van der Waals surface area contributed by atoms with E-state index in [4.69, 9.17) is 0 Å². The summed E-state index contributed by atoms with van der Waals surface area (Å²) in [5, 5.41) is 0. The van der Waals surface area contributed by atoms with E-state index in [1.165, 1.54) is 19.0 Å². The van der Waals surface area contributed by atoms with Gasteiger partial charge in [0.1, 0.15) is 19.0 Å². The van der Waals surface area contributed by atoms with Crippen LogP contribution in [0, 0.1) is 0 Å². The number of nitrogens with zero attached hydrogens (tertiary/aromatic N) is 6. The highest BCUT2D eigenvalue weighted by atomic mass is 14.8. The van der Waals surface area contributed by atoms with E-state index in [1.807, 2.05) is 0 Å². The van der Waals surface area contributed by atoms with Crippen molar-refractivity contribution in [3.8, 4) is 33.4 Å². The van der Waals surface area contributed by atoms with Crippen LogP contribution in [0.25, 0.3) is 33.4 Å². The maximum Gasteiger partial charge on any atom is 0.115 e. The lowest BCUT2D eigenvalue weighted by Crippen LogP contribution is -1.89. The van der Waals surface area contributed by atoms with E-state index < -0.39 is 0 Å². The number of benzene rings is 1. The van der Waals surface area contributed by atoms with Crippen LogP contribution >= 0.6 is 0 Å².